The van der Waals surface area contributed by atoms with E-state index in [9.17, 15) is 4.79 Å². The second-order valence-electron chi connectivity index (χ2n) is 3.61. The van der Waals surface area contributed by atoms with Crippen molar-refractivity contribution in [3.8, 4) is 5.75 Å². The lowest BCUT2D eigenvalue weighted by molar-refractivity contribution is -0.137. The normalized spacial score (nSPS) is 18.4. The molecule has 86 valence electrons. The largest absolute Gasteiger partial charge is 0.497 e. The summed E-state index contributed by atoms with van der Waals surface area (Å²) < 4.78 is 5.13. The fraction of sp³-hybridized carbons (Fsp3) is 0.364. The van der Waals surface area contributed by atoms with E-state index in [4.69, 9.17) is 9.84 Å². The first-order valence-corrected chi connectivity index (χ1v) is 5.97. The Hall–Kier alpha value is -1.36. The maximum atomic E-state index is 10.6. The molecule has 0 bridgehead atoms. The number of ether oxygens (including phenoxy) is 1. The lowest BCUT2D eigenvalue weighted by Crippen LogP contribution is -2.28. The molecule has 0 fully saturated rings. The number of methoxy groups -OCH3 is 1. The predicted molar refractivity (Wildman–Crippen MR) is 63.4 cm³/mol. The Morgan fingerprint density at radius 1 is 1.69 bits per heavy atom. The van der Waals surface area contributed by atoms with Crippen molar-refractivity contribution in [1.82, 2.24) is 0 Å². The van der Waals surface area contributed by atoms with Gasteiger partial charge in [-0.3, -0.25) is 4.79 Å². The van der Waals surface area contributed by atoms with Crippen molar-refractivity contribution < 1.29 is 14.6 Å². The second-order valence-corrected chi connectivity index (χ2v) is 4.67. The minimum Gasteiger partial charge on any atom is -0.497 e. The van der Waals surface area contributed by atoms with E-state index >= 15 is 0 Å². The van der Waals surface area contributed by atoms with Gasteiger partial charge >= 0.3 is 5.97 Å². The van der Waals surface area contributed by atoms with Crippen LogP contribution in [0.5, 0.6) is 5.75 Å². The van der Waals surface area contributed by atoms with Crippen LogP contribution in [0, 0.1) is 0 Å². The van der Waals surface area contributed by atoms with Gasteiger partial charge in [0.2, 0.25) is 0 Å². The molecule has 0 aromatic heterocycles. The zero-order chi connectivity index (χ0) is 11.5. The quantitative estimate of drug-likeness (QED) is 0.845. The molecule has 4 nitrogen and oxygen atoms in total. The monoisotopic (exact) mass is 239 g/mol. The zero-order valence-electron chi connectivity index (χ0n) is 8.90. The number of anilines is 1. The minimum absolute atomic E-state index is 0.0119. The second kappa shape index (κ2) is 4.65. The third-order valence-corrected chi connectivity index (χ3v) is 3.64. The van der Waals surface area contributed by atoms with Gasteiger partial charge in [-0.05, 0) is 12.1 Å². The Kier molecular flexibility index (Phi) is 3.24. The van der Waals surface area contributed by atoms with Gasteiger partial charge in [-0.1, -0.05) is 0 Å². The smallest absolute Gasteiger partial charge is 0.305 e. The van der Waals surface area contributed by atoms with Crippen LogP contribution in [0.4, 0.5) is 5.69 Å². The number of carboxylic acids is 1. The summed E-state index contributed by atoms with van der Waals surface area (Å²) in [4.78, 5) is 11.8. The maximum Gasteiger partial charge on any atom is 0.305 e. The van der Waals surface area contributed by atoms with Crippen molar-refractivity contribution in [1.29, 1.82) is 0 Å². The first-order chi connectivity index (χ1) is 7.69. The third kappa shape index (κ3) is 2.41. The molecule has 1 aliphatic rings. The van der Waals surface area contributed by atoms with Crippen molar-refractivity contribution in [2.75, 3.05) is 18.2 Å². The highest BCUT2D eigenvalue weighted by molar-refractivity contribution is 7.99. The molecule has 1 aromatic rings. The van der Waals surface area contributed by atoms with Crippen LogP contribution in [-0.4, -0.2) is 30.0 Å². The fourth-order valence-electron chi connectivity index (χ4n) is 1.65. The number of nitrogens with one attached hydrogen (secondary N) is 1. The molecular formula is C11H13NO3S. The standard InChI is InChI=1S/C11H13NO3S/c1-15-8-2-3-10-9(5-8)12-7(6-16-10)4-11(13)14/h2-3,5,7,12H,4,6H2,1H3,(H,13,14). The molecule has 0 spiro atoms. The molecule has 0 saturated heterocycles. The summed E-state index contributed by atoms with van der Waals surface area (Å²) in [5, 5.41) is 12.0. The van der Waals surface area contributed by atoms with Crippen molar-refractivity contribution in [3.63, 3.8) is 0 Å². The number of hydrogen-bond acceptors (Lipinski definition) is 4. The zero-order valence-corrected chi connectivity index (χ0v) is 9.71. The topological polar surface area (TPSA) is 58.6 Å². The molecule has 1 aliphatic heterocycles. The molecule has 0 aliphatic carbocycles. The first kappa shape index (κ1) is 11.1. The molecule has 1 atom stereocenters. The molecular weight excluding hydrogens is 226 g/mol. The number of carboxylic acid groups (broad SMARTS) is 1. The van der Waals surface area contributed by atoms with Crippen molar-refractivity contribution >= 4 is 23.4 Å². The lowest BCUT2D eigenvalue weighted by Gasteiger charge is -2.25. The summed E-state index contributed by atoms with van der Waals surface area (Å²) in [6.07, 6.45) is 0.143. The van der Waals surface area contributed by atoms with Crippen LogP contribution in [0.1, 0.15) is 6.42 Å². The number of benzene rings is 1. The average Bonchev–Trinajstić information content (AvgIpc) is 2.27. The van der Waals surface area contributed by atoms with E-state index in [2.05, 4.69) is 5.32 Å². The van der Waals surface area contributed by atoms with Gasteiger partial charge in [0.15, 0.2) is 0 Å². The van der Waals surface area contributed by atoms with Crippen molar-refractivity contribution in [3.05, 3.63) is 18.2 Å². The number of rotatable bonds is 3. The summed E-state index contributed by atoms with van der Waals surface area (Å²) in [7, 11) is 1.62. The van der Waals surface area contributed by atoms with Gasteiger partial charge in [-0.2, -0.15) is 0 Å². The van der Waals surface area contributed by atoms with E-state index in [1.54, 1.807) is 18.9 Å². The van der Waals surface area contributed by atoms with Crippen molar-refractivity contribution in [2.24, 2.45) is 0 Å². The highest BCUT2D eigenvalue weighted by Crippen LogP contribution is 2.36. The average molecular weight is 239 g/mol. The Bertz CT molecular complexity index is 408. The molecule has 16 heavy (non-hydrogen) atoms. The Labute approximate surface area is 98.0 Å². The highest BCUT2D eigenvalue weighted by Gasteiger charge is 2.20. The van der Waals surface area contributed by atoms with Gasteiger partial charge in [0.25, 0.3) is 0 Å². The Balaban J connectivity index is 2.14. The molecule has 1 heterocycles. The summed E-state index contributed by atoms with van der Waals surface area (Å²) in [6, 6.07) is 5.78. The van der Waals surface area contributed by atoms with E-state index in [0.717, 1.165) is 22.1 Å². The van der Waals surface area contributed by atoms with Gasteiger partial charge in [-0.15, -0.1) is 11.8 Å². The van der Waals surface area contributed by atoms with Gasteiger partial charge in [0.1, 0.15) is 5.75 Å². The lowest BCUT2D eigenvalue weighted by atomic mass is 10.2. The van der Waals surface area contributed by atoms with Crippen LogP contribution < -0.4 is 10.1 Å². The van der Waals surface area contributed by atoms with E-state index in [1.807, 2.05) is 18.2 Å². The van der Waals surface area contributed by atoms with Crippen LogP contribution in [0.3, 0.4) is 0 Å². The fourth-order valence-corrected chi connectivity index (χ4v) is 2.67. The summed E-state index contributed by atoms with van der Waals surface area (Å²) in [5.74, 6) is 0.790. The molecule has 0 saturated carbocycles. The van der Waals surface area contributed by atoms with E-state index < -0.39 is 5.97 Å². The van der Waals surface area contributed by atoms with Crippen LogP contribution in [0.25, 0.3) is 0 Å². The Morgan fingerprint density at radius 3 is 3.19 bits per heavy atom. The molecule has 0 amide bonds. The van der Waals surface area contributed by atoms with Crippen LogP contribution in [0.15, 0.2) is 23.1 Å². The molecule has 1 aromatic carbocycles. The van der Waals surface area contributed by atoms with Crippen molar-refractivity contribution in [2.45, 2.75) is 17.4 Å². The van der Waals surface area contributed by atoms with E-state index in [-0.39, 0.29) is 12.5 Å². The van der Waals surface area contributed by atoms with Crippen LogP contribution in [-0.2, 0) is 4.79 Å². The highest BCUT2D eigenvalue weighted by atomic mass is 32.2. The number of carbonyl (C=O) groups is 1. The maximum absolute atomic E-state index is 10.6. The van der Waals surface area contributed by atoms with Gasteiger partial charge in [0.05, 0.1) is 19.2 Å². The third-order valence-electron chi connectivity index (χ3n) is 2.41. The summed E-state index contributed by atoms with van der Waals surface area (Å²) in [5.41, 5.74) is 0.960. The van der Waals surface area contributed by atoms with Gasteiger partial charge < -0.3 is 15.2 Å². The predicted octanol–water partition coefficient (Wildman–Crippen LogP) is 2.06. The molecule has 2 rings (SSSR count). The van der Waals surface area contributed by atoms with E-state index in [0.29, 0.717) is 0 Å². The molecule has 1 unspecified atom stereocenters. The number of hydrogen-bond donors (Lipinski definition) is 2. The van der Waals surface area contributed by atoms with Crippen LogP contribution in [0.2, 0.25) is 0 Å². The first-order valence-electron chi connectivity index (χ1n) is 4.98. The SMILES string of the molecule is COc1ccc2c(c1)NC(CC(=O)O)CS2. The Morgan fingerprint density at radius 2 is 2.50 bits per heavy atom. The van der Waals surface area contributed by atoms with E-state index in [1.165, 1.54) is 0 Å². The minimum atomic E-state index is -0.774. The molecule has 5 heteroatoms. The number of fused-ring (bicyclic) bond motifs is 1. The summed E-state index contributed by atoms with van der Waals surface area (Å²) in [6.45, 7) is 0. The number of thioether (sulfide) groups is 1. The van der Waals surface area contributed by atoms with Crippen LogP contribution >= 0.6 is 11.8 Å². The molecule has 0 radical (unpaired) electrons. The number of aliphatic carboxylic acids is 1. The van der Waals surface area contributed by atoms with Gasteiger partial charge in [-0.25, -0.2) is 0 Å². The molecule has 2 N–H and O–H groups in total. The summed E-state index contributed by atoms with van der Waals surface area (Å²) >= 11 is 1.68. The van der Waals surface area contributed by atoms with Gasteiger partial charge in [0, 0.05) is 22.8 Å².